The Morgan fingerprint density at radius 2 is 1.48 bits per heavy atom. The van der Waals surface area contributed by atoms with Gasteiger partial charge >= 0.3 is 0 Å². The van der Waals surface area contributed by atoms with Crippen molar-refractivity contribution in [3.8, 4) is 11.5 Å². The summed E-state index contributed by atoms with van der Waals surface area (Å²) in [5.74, 6) is 1.04. The molecule has 3 rings (SSSR count). The van der Waals surface area contributed by atoms with E-state index in [0.717, 1.165) is 11.3 Å². The number of carbonyl (C=O) groups excluding carboxylic acids is 1. The van der Waals surface area contributed by atoms with Gasteiger partial charge in [0.1, 0.15) is 11.5 Å². The molecular weight excluding hydrogens is 286 g/mol. The smallest absolute Gasteiger partial charge is 0.259 e. The van der Waals surface area contributed by atoms with Crippen LogP contribution in [-0.2, 0) is 0 Å². The van der Waals surface area contributed by atoms with Crippen molar-refractivity contribution in [2.24, 2.45) is 0 Å². The highest BCUT2D eigenvalue weighted by Crippen LogP contribution is 2.26. The van der Waals surface area contributed by atoms with Gasteiger partial charge in [-0.25, -0.2) is 0 Å². The number of hydrogen-bond acceptors (Lipinski definition) is 2. The quantitative estimate of drug-likeness (QED) is 0.733. The van der Waals surface area contributed by atoms with Crippen molar-refractivity contribution < 1.29 is 9.53 Å². The summed E-state index contributed by atoms with van der Waals surface area (Å²) >= 11 is 0. The zero-order valence-corrected chi connectivity index (χ0v) is 12.8. The summed E-state index contributed by atoms with van der Waals surface area (Å²) < 4.78 is 5.84. The Labute approximate surface area is 135 Å². The lowest BCUT2D eigenvalue weighted by Crippen LogP contribution is -2.13. The third-order valence-corrected chi connectivity index (χ3v) is 3.50. The first-order valence-corrected chi connectivity index (χ1v) is 7.43. The zero-order valence-electron chi connectivity index (χ0n) is 12.8. The van der Waals surface area contributed by atoms with E-state index in [0.29, 0.717) is 17.1 Å². The van der Waals surface area contributed by atoms with Gasteiger partial charge in [0.25, 0.3) is 5.91 Å². The van der Waals surface area contributed by atoms with Crippen LogP contribution in [0, 0.1) is 6.92 Å². The molecule has 3 nitrogen and oxygen atoms in total. The highest BCUT2D eigenvalue weighted by Gasteiger charge is 2.13. The molecule has 1 amide bonds. The predicted molar refractivity (Wildman–Crippen MR) is 92.1 cm³/mol. The van der Waals surface area contributed by atoms with Crippen molar-refractivity contribution >= 4 is 11.6 Å². The first kappa shape index (κ1) is 14.9. The lowest BCUT2D eigenvalue weighted by molar-refractivity contribution is 0.102. The van der Waals surface area contributed by atoms with Gasteiger partial charge in [0, 0.05) is 5.69 Å². The van der Waals surface area contributed by atoms with Gasteiger partial charge in [-0.3, -0.25) is 4.79 Å². The SMILES string of the molecule is Cc1ccccc1NC(=O)c1ccccc1Oc1ccccc1. The molecule has 0 unspecified atom stereocenters. The van der Waals surface area contributed by atoms with Crippen LogP contribution in [0.3, 0.4) is 0 Å². The molecule has 0 saturated carbocycles. The lowest BCUT2D eigenvalue weighted by atomic mass is 10.1. The fourth-order valence-corrected chi connectivity index (χ4v) is 2.26. The van der Waals surface area contributed by atoms with Gasteiger partial charge in [0.2, 0.25) is 0 Å². The van der Waals surface area contributed by atoms with Crippen molar-refractivity contribution in [1.82, 2.24) is 0 Å². The van der Waals surface area contributed by atoms with Crippen molar-refractivity contribution in [2.45, 2.75) is 6.92 Å². The number of benzene rings is 3. The third-order valence-electron chi connectivity index (χ3n) is 3.50. The van der Waals surface area contributed by atoms with E-state index in [1.165, 1.54) is 0 Å². The molecule has 0 aromatic heterocycles. The molecule has 0 heterocycles. The Kier molecular flexibility index (Phi) is 4.39. The van der Waals surface area contributed by atoms with Gasteiger partial charge in [0.15, 0.2) is 0 Å². The van der Waals surface area contributed by atoms with Crippen LogP contribution in [0.4, 0.5) is 5.69 Å². The van der Waals surface area contributed by atoms with Crippen LogP contribution < -0.4 is 10.1 Å². The molecule has 0 aliphatic heterocycles. The Balaban J connectivity index is 1.85. The highest BCUT2D eigenvalue weighted by molar-refractivity contribution is 6.06. The first-order chi connectivity index (χ1) is 11.2. The van der Waals surface area contributed by atoms with E-state index in [1.54, 1.807) is 12.1 Å². The summed E-state index contributed by atoms with van der Waals surface area (Å²) in [4.78, 5) is 12.6. The molecule has 0 bridgehead atoms. The molecule has 3 aromatic rings. The van der Waals surface area contributed by atoms with Crippen LogP contribution in [0.1, 0.15) is 15.9 Å². The monoisotopic (exact) mass is 303 g/mol. The number of para-hydroxylation sites is 3. The second-order valence-corrected chi connectivity index (χ2v) is 5.18. The minimum atomic E-state index is -0.189. The summed E-state index contributed by atoms with van der Waals surface area (Å²) in [5, 5.41) is 2.93. The molecule has 3 heteroatoms. The highest BCUT2D eigenvalue weighted by atomic mass is 16.5. The fraction of sp³-hybridized carbons (Fsp3) is 0.0500. The van der Waals surface area contributed by atoms with Crippen LogP contribution in [0.15, 0.2) is 78.9 Å². The van der Waals surface area contributed by atoms with Crippen molar-refractivity contribution in [1.29, 1.82) is 0 Å². The summed E-state index contributed by atoms with van der Waals surface area (Å²) in [6.45, 7) is 1.96. The molecular formula is C20H17NO2. The number of amides is 1. The predicted octanol–water partition coefficient (Wildman–Crippen LogP) is 5.04. The van der Waals surface area contributed by atoms with Crippen LogP contribution in [0.25, 0.3) is 0 Å². The minimum Gasteiger partial charge on any atom is -0.457 e. The number of hydrogen-bond donors (Lipinski definition) is 1. The van der Waals surface area contributed by atoms with E-state index in [-0.39, 0.29) is 5.91 Å². The fourth-order valence-electron chi connectivity index (χ4n) is 2.26. The normalized spacial score (nSPS) is 10.1. The molecule has 0 radical (unpaired) electrons. The van der Waals surface area contributed by atoms with E-state index in [9.17, 15) is 4.79 Å². The second-order valence-electron chi connectivity index (χ2n) is 5.18. The number of nitrogens with one attached hydrogen (secondary N) is 1. The summed E-state index contributed by atoms with van der Waals surface area (Å²) in [5.41, 5.74) is 2.31. The Hall–Kier alpha value is -3.07. The number of ether oxygens (including phenoxy) is 1. The Morgan fingerprint density at radius 3 is 2.26 bits per heavy atom. The van der Waals surface area contributed by atoms with Crippen LogP contribution in [-0.4, -0.2) is 5.91 Å². The van der Waals surface area contributed by atoms with Gasteiger partial charge < -0.3 is 10.1 Å². The number of carbonyl (C=O) groups is 1. The maximum Gasteiger partial charge on any atom is 0.259 e. The standard InChI is InChI=1S/C20H17NO2/c1-15-9-5-7-13-18(15)21-20(22)17-12-6-8-14-19(17)23-16-10-3-2-4-11-16/h2-14H,1H3,(H,21,22). The van der Waals surface area contributed by atoms with E-state index < -0.39 is 0 Å². The average molecular weight is 303 g/mol. The summed E-state index contributed by atoms with van der Waals surface area (Å²) in [6.07, 6.45) is 0. The first-order valence-electron chi connectivity index (χ1n) is 7.43. The van der Waals surface area contributed by atoms with E-state index in [2.05, 4.69) is 5.32 Å². The Morgan fingerprint density at radius 1 is 0.826 bits per heavy atom. The molecule has 0 saturated heterocycles. The number of rotatable bonds is 4. The molecule has 3 aromatic carbocycles. The maximum atomic E-state index is 12.6. The number of anilines is 1. The summed E-state index contributed by atoms with van der Waals surface area (Å²) in [6, 6.07) is 24.3. The number of aryl methyl sites for hydroxylation is 1. The van der Waals surface area contributed by atoms with Crippen LogP contribution in [0.5, 0.6) is 11.5 Å². The maximum absolute atomic E-state index is 12.6. The summed E-state index contributed by atoms with van der Waals surface area (Å²) in [7, 11) is 0. The molecule has 1 N–H and O–H groups in total. The van der Waals surface area contributed by atoms with E-state index in [4.69, 9.17) is 4.74 Å². The third kappa shape index (κ3) is 3.58. The minimum absolute atomic E-state index is 0.189. The van der Waals surface area contributed by atoms with Gasteiger partial charge in [-0.05, 0) is 42.8 Å². The second kappa shape index (κ2) is 6.79. The topological polar surface area (TPSA) is 38.3 Å². The lowest BCUT2D eigenvalue weighted by Gasteiger charge is -2.12. The molecule has 0 aliphatic rings. The van der Waals surface area contributed by atoms with Crippen molar-refractivity contribution in [3.05, 3.63) is 90.0 Å². The molecule has 0 aliphatic carbocycles. The van der Waals surface area contributed by atoms with Gasteiger partial charge in [-0.2, -0.15) is 0 Å². The van der Waals surface area contributed by atoms with Gasteiger partial charge in [-0.15, -0.1) is 0 Å². The molecule has 23 heavy (non-hydrogen) atoms. The molecule has 0 atom stereocenters. The van der Waals surface area contributed by atoms with Gasteiger partial charge in [-0.1, -0.05) is 48.5 Å². The molecule has 114 valence electrons. The van der Waals surface area contributed by atoms with Crippen LogP contribution >= 0.6 is 0 Å². The molecule has 0 fully saturated rings. The largest absolute Gasteiger partial charge is 0.457 e. The van der Waals surface area contributed by atoms with Crippen molar-refractivity contribution in [2.75, 3.05) is 5.32 Å². The van der Waals surface area contributed by atoms with Gasteiger partial charge in [0.05, 0.1) is 5.56 Å². The van der Waals surface area contributed by atoms with Crippen LogP contribution in [0.2, 0.25) is 0 Å². The zero-order chi connectivity index (χ0) is 16.1. The molecule has 0 spiro atoms. The van der Waals surface area contributed by atoms with Crippen molar-refractivity contribution in [3.63, 3.8) is 0 Å². The van der Waals surface area contributed by atoms with E-state index in [1.807, 2.05) is 73.7 Å². The Bertz CT molecular complexity index is 813. The van der Waals surface area contributed by atoms with E-state index >= 15 is 0 Å². The average Bonchev–Trinajstić information content (AvgIpc) is 2.58.